The molecule has 0 aliphatic carbocycles. The van der Waals surface area contributed by atoms with Gasteiger partial charge in [0.1, 0.15) is 12.0 Å². The van der Waals surface area contributed by atoms with Crippen LogP contribution in [0.2, 0.25) is 0 Å². The summed E-state index contributed by atoms with van der Waals surface area (Å²) >= 11 is 0. The van der Waals surface area contributed by atoms with Gasteiger partial charge in [-0.25, -0.2) is 4.79 Å². The van der Waals surface area contributed by atoms with Crippen molar-refractivity contribution < 1.29 is 9.84 Å². The molecule has 7 heteroatoms. The lowest BCUT2D eigenvalue weighted by atomic mass is 10.1. The summed E-state index contributed by atoms with van der Waals surface area (Å²) in [6, 6.07) is -0.267. The Kier molecular flexibility index (Phi) is 3.65. The number of anilines is 1. The van der Waals surface area contributed by atoms with E-state index in [-0.39, 0.29) is 18.3 Å². The van der Waals surface area contributed by atoms with Gasteiger partial charge in [0, 0.05) is 31.3 Å². The summed E-state index contributed by atoms with van der Waals surface area (Å²) < 4.78 is 6.97. The zero-order valence-corrected chi connectivity index (χ0v) is 10.5. The van der Waals surface area contributed by atoms with E-state index in [0.29, 0.717) is 12.2 Å². The molecule has 1 fully saturated rings. The van der Waals surface area contributed by atoms with Crippen LogP contribution in [0.25, 0.3) is 0 Å². The SMILES string of the molecule is CNc1nc(=O)n([C@@H]2C[C@H](N)[C@@H](CO)O2)cc1C. The third-order valence-electron chi connectivity index (χ3n) is 3.14. The predicted molar refractivity (Wildman–Crippen MR) is 66.4 cm³/mol. The van der Waals surface area contributed by atoms with Gasteiger partial charge in [-0.2, -0.15) is 4.98 Å². The Hall–Kier alpha value is -1.44. The standard InChI is InChI=1S/C11H18N4O3/c1-6-4-15(11(17)14-10(6)13-2)9-3-7(12)8(5-16)18-9/h4,7-9,16H,3,5,12H2,1-2H3,(H,13,14,17)/t7-,8+,9-/m0/s1. The second kappa shape index (κ2) is 5.05. The maximum Gasteiger partial charge on any atom is 0.351 e. The van der Waals surface area contributed by atoms with Crippen LogP contribution in [0.5, 0.6) is 0 Å². The molecule has 7 nitrogen and oxygen atoms in total. The lowest BCUT2D eigenvalue weighted by molar-refractivity contribution is -0.0271. The Balaban J connectivity index is 2.30. The van der Waals surface area contributed by atoms with Crippen LogP contribution in [0, 0.1) is 6.92 Å². The van der Waals surface area contributed by atoms with E-state index in [1.165, 1.54) is 4.57 Å². The summed E-state index contributed by atoms with van der Waals surface area (Å²) in [5, 5.41) is 11.9. The number of aliphatic hydroxyl groups excluding tert-OH is 1. The van der Waals surface area contributed by atoms with Crippen LogP contribution in [0.1, 0.15) is 18.2 Å². The fraction of sp³-hybridized carbons (Fsp3) is 0.636. The van der Waals surface area contributed by atoms with Crippen LogP contribution in [-0.4, -0.2) is 40.5 Å². The topological polar surface area (TPSA) is 102 Å². The van der Waals surface area contributed by atoms with Crippen molar-refractivity contribution in [1.82, 2.24) is 9.55 Å². The number of aromatic nitrogens is 2. The Labute approximate surface area is 105 Å². The second-order valence-electron chi connectivity index (χ2n) is 4.42. The highest BCUT2D eigenvalue weighted by molar-refractivity contribution is 5.40. The smallest absolute Gasteiger partial charge is 0.351 e. The van der Waals surface area contributed by atoms with Gasteiger partial charge < -0.3 is 20.9 Å². The third kappa shape index (κ3) is 2.24. The quantitative estimate of drug-likeness (QED) is 0.652. The van der Waals surface area contributed by atoms with Crippen molar-refractivity contribution in [2.45, 2.75) is 31.7 Å². The number of hydrogen-bond acceptors (Lipinski definition) is 6. The van der Waals surface area contributed by atoms with Crippen molar-refractivity contribution in [3.05, 3.63) is 22.2 Å². The number of rotatable bonds is 3. The van der Waals surface area contributed by atoms with Gasteiger partial charge >= 0.3 is 5.69 Å². The molecule has 0 amide bonds. The number of aryl methyl sites for hydroxylation is 1. The molecule has 1 aromatic heterocycles. The molecule has 1 aliphatic heterocycles. The van der Waals surface area contributed by atoms with Gasteiger partial charge in [0.2, 0.25) is 0 Å². The van der Waals surface area contributed by atoms with Crippen LogP contribution < -0.4 is 16.7 Å². The van der Waals surface area contributed by atoms with Crippen molar-refractivity contribution >= 4 is 5.82 Å². The first kappa shape index (κ1) is 13.0. The summed E-state index contributed by atoms with van der Waals surface area (Å²) in [5.74, 6) is 0.553. The molecule has 0 bridgehead atoms. The van der Waals surface area contributed by atoms with Crippen LogP contribution in [0.15, 0.2) is 11.0 Å². The summed E-state index contributed by atoms with van der Waals surface area (Å²) in [6.45, 7) is 1.71. The minimum atomic E-state index is -0.457. The molecule has 1 aromatic rings. The molecular formula is C11H18N4O3. The highest BCUT2D eigenvalue weighted by atomic mass is 16.5. The van der Waals surface area contributed by atoms with Crippen molar-refractivity contribution in [2.75, 3.05) is 19.0 Å². The largest absolute Gasteiger partial charge is 0.394 e. The van der Waals surface area contributed by atoms with Crippen LogP contribution >= 0.6 is 0 Å². The van der Waals surface area contributed by atoms with E-state index in [1.54, 1.807) is 13.2 Å². The molecule has 0 saturated carbocycles. The molecule has 2 heterocycles. The zero-order chi connectivity index (χ0) is 13.3. The van der Waals surface area contributed by atoms with Gasteiger partial charge in [-0.15, -0.1) is 0 Å². The fourth-order valence-corrected chi connectivity index (χ4v) is 2.13. The average molecular weight is 254 g/mol. The van der Waals surface area contributed by atoms with Crippen LogP contribution in [0.4, 0.5) is 5.82 Å². The normalized spacial score (nSPS) is 27.4. The second-order valence-corrected chi connectivity index (χ2v) is 4.42. The molecular weight excluding hydrogens is 236 g/mol. The van der Waals surface area contributed by atoms with Crippen molar-refractivity contribution in [2.24, 2.45) is 5.73 Å². The zero-order valence-electron chi connectivity index (χ0n) is 10.5. The number of aliphatic hydroxyl groups is 1. The highest BCUT2D eigenvalue weighted by Gasteiger charge is 2.33. The third-order valence-corrected chi connectivity index (χ3v) is 3.14. The van der Waals surface area contributed by atoms with E-state index in [4.69, 9.17) is 15.6 Å². The van der Waals surface area contributed by atoms with Gasteiger partial charge in [-0.1, -0.05) is 0 Å². The summed E-state index contributed by atoms with van der Waals surface area (Å²) in [7, 11) is 1.71. The number of ether oxygens (including phenoxy) is 1. The Morgan fingerprint density at radius 1 is 1.72 bits per heavy atom. The summed E-state index contributed by atoms with van der Waals surface area (Å²) in [4.78, 5) is 15.8. The van der Waals surface area contributed by atoms with Gasteiger partial charge in [-0.3, -0.25) is 4.57 Å². The van der Waals surface area contributed by atoms with E-state index in [9.17, 15) is 4.79 Å². The van der Waals surface area contributed by atoms with E-state index in [2.05, 4.69) is 10.3 Å². The predicted octanol–water partition coefficient (Wildman–Crippen LogP) is -0.799. The summed E-state index contributed by atoms with van der Waals surface area (Å²) in [5.41, 5.74) is 6.29. The van der Waals surface area contributed by atoms with E-state index in [0.717, 1.165) is 5.56 Å². The molecule has 100 valence electrons. The molecule has 0 unspecified atom stereocenters. The first-order valence-corrected chi connectivity index (χ1v) is 5.86. The number of nitrogens with zero attached hydrogens (tertiary/aromatic N) is 2. The molecule has 1 saturated heterocycles. The van der Waals surface area contributed by atoms with Gasteiger partial charge in [0.25, 0.3) is 0 Å². The lowest BCUT2D eigenvalue weighted by Crippen LogP contribution is -2.32. The van der Waals surface area contributed by atoms with E-state index in [1.807, 2.05) is 6.92 Å². The molecule has 3 atom stereocenters. The van der Waals surface area contributed by atoms with Gasteiger partial charge in [0.05, 0.1) is 12.7 Å². The molecule has 1 aliphatic rings. The average Bonchev–Trinajstić information content (AvgIpc) is 2.72. The van der Waals surface area contributed by atoms with Crippen LogP contribution in [0.3, 0.4) is 0 Å². The molecule has 0 spiro atoms. The Bertz CT molecular complexity index is 488. The Morgan fingerprint density at radius 3 is 3.00 bits per heavy atom. The molecule has 0 radical (unpaired) electrons. The van der Waals surface area contributed by atoms with Gasteiger partial charge in [-0.05, 0) is 6.92 Å². The Morgan fingerprint density at radius 2 is 2.44 bits per heavy atom. The minimum absolute atomic E-state index is 0.145. The lowest BCUT2D eigenvalue weighted by Gasteiger charge is -2.16. The van der Waals surface area contributed by atoms with Crippen molar-refractivity contribution in [3.8, 4) is 0 Å². The van der Waals surface area contributed by atoms with Crippen LogP contribution in [-0.2, 0) is 4.74 Å². The van der Waals surface area contributed by atoms with Gasteiger partial charge in [0.15, 0.2) is 0 Å². The first-order valence-electron chi connectivity index (χ1n) is 5.86. The number of hydrogen-bond donors (Lipinski definition) is 3. The maximum atomic E-state index is 11.9. The molecule has 4 N–H and O–H groups in total. The fourth-order valence-electron chi connectivity index (χ4n) is 2.13. The highest BCUT2D eigenvalue weighted by Crippen LogP contribution is 2.26. The number of nitrogens with two attached hydrogens (primary N) is 1. The first-order chi connectivity index (χ1) is 8.56. The minimum Gasteiger partial charge on any atom is -0.394 e. The van der Waals surface area contributed by atoms with Crippen molar-refractivity contribution in [1.29, 1.82) is 0 Å². The monoisotopic (exact) mass is 254 g/mol. The van der Waals surface area contributed by atoms with Crippen molar-refractivity contribution in [3.63, 3.8) is 0 Å². The molecule has 0 aromatic carbocycles. The molecule has 2 rings (SSSR count). The summed E-state index contributed by atoms with van der Waals surface area (Å²) in [6.07, 6.45) is 1.30. The molecule has 18 heavy (non-hydrogen) atoms. The van der Waals surface area contributed by atoms with E-state index >= 15 is 0 Å². The van der Waals surface area contributed by atoms with E-state index < -0.39 is 12.3 Å². The number of nitrogens with one attached hydrogen (secondary N) is 1. The maximum absolute atomic E-state index is 11.9.